The molecule has 1 aromatic rings. The maximum atomic E-state index is 13.7. The average molecular weight is 320 g/mol. The number of rotatable bonds is 3. The van der Waals surface area contributed by atoms with Gasteiger partial charge in [0.05, 0.1) is 10.5 Å². The Morgan fingerprint density at radius 1 is 1.35 bits per heavy atom. The van der Waals surface area contributed by atoms with E-state index in [0.717, 1.165) is 43.9 Å². The summed E-state index contributed by atoms with van der Waals surface area (Å²) < 4.78 is 36.2. The molecule has 0 unspecified atom stereocenters. The van der Waals surface area contributed by atoms with Gasteiger partial charge in [-0.1, -0.05) is 12.8 Å². The monoisotopic (exact) mass is 319 g/mol. The van der Waals surface area contributed by atoms with Crippen molar-refractivity contribution in [3.63, 3.8) is 0 Å². The predicted octanol–water partition coefficient (Wildman–Crippen LogP) is 2.82. The molecule has 0 aromatic heterocycles. The molecule has 1 aliphatic carbocycles. The van der Waals surface area contributed by atoms with Crippen molar-refractivity contribution in [1.82, 2.24) is 5.32 Å². The van der Waals surface area contributed by atoms with E-state index in [1.807, 2.05) is 6.92 Å². The van der Waals surface area contributed by atoms with Crippen molar-refractivity contribution in [2.45, 2.75) is 43.0 Å². The van der Waals surface area contributed by atoms with Gasteiger partial charge in [-0.05, 0) is 38.0 Å². The van der Waals surface area contributed by atoms with Crippen LogP contribution in [0.1, 0.15) is 43.0 Å². The van der Waals surface area contributed by atoms with Gasteiger partial charge in [-0.15, -0.1) is 0 Å². The van der Waals surface area contributed by atoms with Crippen LogP contribution in [0.5, 0.6) is 0 Å². The fourth-order valence-corrected chi connectivity index (χ4v) is 3.23. The van der Waals surface area contributed by atoms with E-state index < -0.39 is 20.8 Å². The SMILES string of the molecule is CC1(NC(=O)c2cc(S(=O)(=O)Cl)ccc2F)CCCC1. The minimum Gasteiger partial charge on any atom is -0.347 e. The van der Waals surface area contributed by atoms with E-state index in [-0.39, 0.29) is 16.0 Å². The summed E-state index contributed by atoms with van der Waals surface area (Å²) in [5.41, 5.74) is -0.667. The molecule has 1 saturated carbocycles. The minimum atomic E-state index is -3.99. The summed E-state index contributed by atoms with van der Waals surface area (Å²) in [6.07, 6.45) is 3.67. The van der Waals surface area contributed by atoms with Crippen LogP contribution in [0.25, 0.3) is 0 Å². The first-order chi connectivity index (χ1) is 9.21. The Bertz CT molecular complexity index is 639. The maximum Gasteiger partial charge on any atom is 0.261 e. The van der Waals surface area contributed by atoms with Crippen molar-refractivity contribution in [2.24, 2.45) is 0 Å². The first-order valence-electron chi connectivity index (χ1n) is 6.28. The van der Waals surface area contributed by atoms with E-state index in [2.05, 4.69) is 5.32 Å². The number of halogens is 2. The van der Waals surface area contributed by atoms with Gasteiger partial charge in [-0.3, -0.25) is 4.79 Å². The highest BCUT2D eigenvalue weighted by Crippen LogP contribution is 2.29. The first-order valence-corrected chi connectivity index (χ1v) is 8.59. The zero-order valence-electron chi connectivity index (χ0n) is 10.9. The highest BCUT2D eigenvalue weighted by Gasteiger charge is 2.31. The number of amides is 1. The van der Waals surface area contributed by atoms with E-state index in [1.54, 1.807) is 0 Å². The standard InChI is InChI=1S/C13H15ClFNO3S/c1-13(6-2-3-7-13)16-12(17)10-8-9(20(14,18)19)4-5-11(10)15/h4-5,8H,2-3,6-7H2,1H3,(H,16,17). The third-order valence-corrected chi connectivity index (χ3v) is 4.94. The molecule has 1 aliphatic rings. The Labute approximate surface area is 121 Å². The lowest BCUT2D eigenvalue weighted by Crippen LogP contribution is -2.43. The lowest BCUT2D eigenvalue weighted by molar-refractivity contribution is 0.0903. The quantitative estimate of drug-likeness (QED) is 0.871. The Hall–Kier alpha value is -1.14. The van der Waals surface area contributed by atoms with Crippen molar-refractivity contribution in [3.05, 3.63) is 29.6 Å². The molecule has 110 valence electrons. The number of hydrogen-bond acceptors (Lipinski definition) is 3. The molecular weight excluding hydrogens is 305 g/mol. The van der Waals surface area contributed by atoms with Crippen molar-refractivity contribution in [2.75, 3.05) is 0 Å². The smallest absolute Gasteiger partial charge is 0.261 e. The molecule has 0 saturated heterocycles. The average Bonchev–Trinajstić information content (AvgIpc) is 2.74. The van der Waals surface area contributed by atoms with Gasteiger partial charge in [0.2, 0.25) is 0 Å². The molecule has 1 fully saturated rings. The van der Waals surface area contributed by atoms with E-state index in [9.17, 15) is 17.6 Å². The van der Waals surface area contributed by atoms with Crippen LogP contribution in [0.15, 0.2) is 23.1 Å². The number of nitrogens with one attached hydrogen (secondary N) is 1. The molecule has 7 heteroatoms. The van der Waals surface area contributed by atoms with Crippen LogP contribution in [0, 0.1) is 5.82 Å². The molecule has 4 nitrogen and oxygen atoms in total. The molecule has 1 N–H and O–H groups in total. The second-order valence-electron chi connectivity index (χ2n) is 5.30. The Balaban J connectivity index is 2.30. The highest BCUT2D eigenvalue weighted by molar-refractivity contribution is 8.13. The molecule has 0 atom stereocenters. The van der Waals surface area contributed by atoms with Gasteiger partial charge >= 0.3 is 0 Å². The minimum absolute atomic E-state index is 0.290. The van der Waals surface area contributed by atoms with Crippen LogP contribution in [0.2, 0.25) is 0 Å². The zero-order chi connectivity index (χ0) is 15.0. The van der Waals surface area contributed by atoms with E-state index in [0.29, 0.717) is 0 Å². The van der Waals surface area contributed by atoms with Crippen LogP contribution in [-0.2, 0) is 9.05 Å². The summed E-state index contributed by atoms with van der Waals surface area (Å²) in [4.78, 5) is 11.8. The van der Waals surface area contributed by atoms with Gasteiger partial charge in [0.1, 0.15) is 5.82 Å². The molecular formula is C13H15ClFNO3S. The normalized spacial score (nSPS) is 17.9. The summed E-state index contributed by atoms with van der Waals surface area (Å²) in [7, 11) is 1.21. The van der Waals surface area contributed by atoms with Crippen LogP contribution in [0.4, 0.5) is 4.39 Å². The number of carbonyl (C=O) groups excluding carboxylic acids is 1. The maximum absolute atomic E-state index is 13.7. The van der Waals surface area contributed by atoms with Gasteiger partial charge in [0, 0.05) is 16.2 Å². The number of benzene rings is 1. The van der Waals surface area contributed by atoms with E-state index in [1.165, 1.54) is 0 Å². The fourth-order valence-electron chi connectivity index (χ4n) is 2.45. The van der Waals surface area contributed by atoms with Crippen LogP contribution < -0.4 is 5.32 Å². The zero-order valence-corrected chi connectivity index (χ0v) is 12.5. The van der Waals surface area contributed by atoms with Crippen molar-refractivity contribution < 1.29 is 17.6 Å². The molecule has 2 rings (SSSR count). The topological polar surface area (TPSA) is 63.2 Å². The second-order valence-corrected chi connectivity index (χ2v) is 7.87. The molecule has 1 aromatic carbocycles. The second kappa shape index (κ2) is 5.33. The van der Waals surface area contributed by atoms with Gasteiger partial charge in [0.25, 0.3) is 15.0 Å². The van der Waals surface area contributed by atoms with Gasteiger partial charge in [-0.2, -0.15) is 0 Å². The summed E-state index contributed by atoms with van der Waals surface area (Å²) in [6, 6.07) is 2.93. The van der Waals surface area contributed by atoms with Gasteiger partial charge in [-0.25, -0.2) is 12.8 Å². The van der Waals surface area contributed by atoms with Crippen molar-refractivity contribution in [1.29, 1.82) is 0 Å². The Kier molecular flexibility index (Phi) is 4.07. The van der Waals surface area contributed by atoms with Crippen molar-refractivity contribution >= 4 is 25.6 Å². The third-order valence-electron chi connectivity index (χ3n) is 3.59. The van der Waals surface area contributed by atoms with Gasteiger partial charge < -0.3 is 5.32 Å². The van der Waals surface area contributed by atoms with Crippen LogP contribution >= 0.6 is 10.7 Å². The highest BCUT2D eigenvalue weighted by atomic mass is 35.7. The number of hydrogen-bond donors (Lipinski definition) is 1. The van der Waals surface area contributed by atoms with E-state index in [4.69, 9.17) is 10.7 Å². The molecule has 0 aliphatic heterocycles. The Morgan fingerprint density at radius 3 is 2.50 bits per heavy atom. The number of carbonyl (C=O) groups is 1. The summed E-state index contributed by atoms with van der Waals surface area (Å²) in [5.74, 6) is -1.39. The largest absolute Gasteiger partial charge is 0.347 e. The lowest BCUT2D eigenvalue weighted by atomic mass is 10.00. The van der Waals surface area contributed by atoms with Gasteiger partial charge in [0.15, 0.2) is 0 Å². The first kappa shape index (κ1) is 15.3. The fraction of sp³-hybridized carbons (Fsp3) is 0.462. The summed E-state index contributed by atoms with van der Waals surface area (Å²) >= 11 is 0. The van der Waals surface area contributed by atoms with E-state index >= 15 is 0 Å². The molecule has 0 spiro atoms. The molecule has 0 heterocycles. The predicted molar refractivity (Wildman–Crippen MR) is 73.8 cm³/mol. The molecule has 1 amide bonds. The lowest BCUT2D eigenvalue weighted by Gasteiger charge is -2.25. The molecule has 0 bridgehead atoms. The summed E-state index contributed by atoms with van der Waals surface area (Å²) in [5, 5.41) is 2.77. The molecule has 0 radical (unpaired) electrons. The third kappa shape index (κ3) is 3.30. The Morgan fingerprint density at radius 2 is 1.95 bits per heavy atom. The van der Waals surface area contributed by atoms with Crippen LogP contribution in [0.3, 0.4) is 0 Å². The van der Waals surface area contributed by atoms with Crippen molar-refractivity contribution in [3.8, 4) is 0 Å². The molecule has 20 heavy (non-hydrogen) atoms. The van der Waals surface area contributed by atoms with Crippen LogP contribution in [-0.4, -0.2) is 19.9 Å². The summed E-state index contributed by atoms with van der Waals surface area (Å²) in [6.45, 7) is 1.90.